The predicted octanol–water partition coefficient (Wildman–Crippen LogP) is 6.02. The molecule has 0 spiro atoms. The first kappa shape index (κ1) is 31.1. The molecule has 4 aromatic rings. The number of rotatable bonds is 9. The van der Waals surface area contributed by atoms with Crippen LogP contribution in [0, 0.1) is 0 Å². The maximum atomic E-state index is 13.7. The number of nitrogens with zero attached hydrogens (tertiary/aromatic N) is 5. The van der Waals surface area contributed by atoms with E-state index < -0.39 is 0 Å². The zero-order valence-electron chi connectivity index (χ0n) is 24.7. The minimum absolute atomic E-state index is 0.0912. The van der Waals surface area contributed by atoms with E-state index in [0.29, 0.717) is 54.0 Å². The quantitative estimate of drug-likeness (QED) is 0.223. The molecule has 1 aromatic heterocycles. The highest BCUT2D eigenvalue weighted by molar-refractivity contribution is 6.36. The molecular formula is C33H33Cl2N5O4. The van der Waals surface area contributed by atoms with E-state index in [4.69, 9.17) is 32.7 Å². The lowest BCUT2D eigenvalue weighted by molar-refractivity contribution is -0.132. The van der Waals surface area contributed by atoms with Crippen molar-refractivity contribution in [2.75, 3.05) is 51.8 Å². The summed E-state index contributed by atoms with van der Waals surface area (Å²) in [5.41, 5.74) is 2.70. The normalized spacial score (nSPS) is 13.8. The van der Waals surface area contributed by atoms with Crippen molar-refractivity contribution in [2.24, 2.45) is 0 Å². The van der Waals surface area contributed by atoms with Crippen LogP contribution in [-0.2, 0) is 4.79 Å². The molecule has 0 bridgehead atoms. The van der Waals surface area contributed by atoms with Gasteiger partial charge in [0.2, 0.25) is 5.91 Å². The summed E-state index contributed by atoms with van der Waals surface area (Å²) >= 11 is 12.5. The van der Waals surface area contributed by atoms with E-state index in [2.05, 4.69) is 15.1 Å². The Balaban J connectivity index is 1.26. The number of halogens is 2. The van der Waals surface area contributed by atoms with Crippen molar-refractivity contribution < 1.29 is 19.1 Å². The molecule has 11 heteroatoms. The van der Waals surface area contributed by atoms with Crippen LogP contribution in [0.3, 0.4) is 0 Å². The van der Waals surface area contributed by atoms with Gasteiger partial charge in [-0.15, -0.1) is 10.2 Å². The number of amides is 2. The van der Waals surface area contributed by atoms with E-state index in [-0.39, 0.29) is 29.4 Å². The number of aromatic nitrogens is 2. The third-order valence-electron chi connectivity index (χ3n) is 7.77. The zero-order valence-corrected chi connectivity index (χ0v) is 26.3. The summed E-state index contributed by atoms with van der Waals surface area (Å²) in [6, 6.07) is 23.4. The lowest BCUT2D eigenvalue weighted by Crippen LogP contribution is -2.52. The molecule has 0 N–H and O–H groups in total. The van der Waals surface area contributed by atoms with Gasteiger partial charge in [0.1, 0.15) is 18.0 Å². The van der Waals surface area contributed by atoms with Crippen molar-refractivity contribution >= 4 is 40.8 Å². The molecular weight excluding hydrogens is 601 g/mol. The molecule has 1 fully saturated rings. The van der Waals surface area contributed by atoms with Gasteiger partial charge in [-0.1, -0.05) is 53.5 Å². The number of anilines is 1. The number of carbonyl (C=O) groups excluding carboxylic acids is 2. The second kappa shape index (κ2) is 14.0. The first-order valence-electron chi connectivity index (χ1n) is 14.2. The van der Waals surface area contributed by atoms with Gasteiger partial charge < -0.3 is 24.2 Å². The third-order valence-corrected chi connectivity index (χ3v) is 8.32. The predicted molar refractivity (Wildman–Crippen MR) is 172 cm³/mol. The molecule has 44 heavy (non-hydrogen) atoms. The fourth-order valence-electron chi connectivity index (χ4n) is 5.19. The van der Waals surface area contributed by atoms with E-state index in [1.54, 1.807) is 42.2 Å². The maximum absolute atomic E-state index is 13.7. The van der Waals surface area contributed by atoms with Gasteiger partial charge in [-0.25, -0.2) is 0 Å². The monoisotopic (exact) mass is 633 g/mol. The summed E-state index contributed by atoms with van der Waals surface area (Å²) in [5, 5.41) is 9.56. The van der Waals surface area contributed by atoms with Crippen molar-refractivity contribution in [3.05, 3.63) is 100 Å². The molecule has 0 radical (unpaired) electrons. The molecule has 228 valence electrons. The van der Waals surface area contributed by atoms with E-state index in [1.807, 2.05) is 61.5 Å². The van der Waals surface area contributed by atoms with Gasteiger partial charge in [-0.05, 0) is 55.0 Å². The van der Waals surface area contributed by atoms with Crippen LogP contribution >= 0.6 is 23.2 Å². The van der Waals surface area contributed by atoms with Crippen LogP contribution in [0.2, 0.25) is 10.0 Å². The average Bonchev–Trinajstić information content (AvgIpc) is 3.06. The van der Waals surface area contributed by atoms with Crippen LogP contribution < -0.4 is 14.4 Å². The van der Waals surface area contributed by atoms with Crippen LogP contribution in [0.5, 0.6) is 11.5 Å². The standard InChI is InChI=1S/C33H33Cl2N5O4/c1-22(23-7-5-4-6-8-23)40(33(42)26-11-9-24(34)19-28(26)35)21-32(41)39-17-15-38(16-18-39)31-14-13-29(36-37-31)27-12-10-25(43-2)20-30(27)44-3/h4-14,19-20,22H,15-18,21H2,1-3H3/t22-/m0/s1. The van der Waals surface area contributed by atoms with E-state index in [0.717, 1.165) is 16.9 Å². The Labute approximate surface area is 266 Å². The van der Waals surface area contributed by atoms with Gasteiger partial charge >= 0.3 is 0 Å². The summed E-state index contributed by atoms with van der Waals surface area (Å²) in [4.78, 5) is 32.8. The Morgan fingerprint density at radius 1 is 0.886 bits per heavy atom. The summed E-state index contributed by atoms with van der Waals surface area (Å²) < 4.78 is 10.8. The first-order chi connectivity index (χ1) is 21.3. The maximum Gasteiger partial charge on any atom is 0.256 e. The van der Waals surface area contributed by atoms with Crippen molar-refractivity contribution in [2.45, 2.75) is 13.0 Å². The van der Waals surface area contributed by atoms with Crippen LogP contribution in [0.15, 0.2) is 78.9 Å². The number of benzene rings is 3. The van der Waals surface area contributed by atoms with E-state index >= 15 is 0 Å². The number of hydrogen-bond acceptors (Lipinski definition) is 7. The van der Waals surface area contributed by atoms with Crippen molar-refractivity contribution in [3.8, 4) is 22.8 Å². The Morgan fingerprint density at radius 2 is 1.64 bits per heavy atom. The van der Waals surface area contributed by atoms with E-state index in [1.165, 1.54) is 6.07 Å². The molecule has 0 unspecified atom stereocenters. The van der Waals surface area contributed by atoms with Crippen LogP contribution in [-0.4, -0.2) is 78.8 Å². The lowest BCUT2D eigenvalue weighted by Gasteiger charge is -2.37. The lowest BCUT2D eigenvalue weighted by atomic mass is 10.1. The second-order valence-electron chi connectivity index (χ2n) is 10.4. The Morgan fingerprint density at radius 3 is 2.27 bits per heavy atom. The Kier molecular flexibility index (Phi) is 9.87. The van der Waals surface area contributed by atoms with Crippen LogP contribution in [0.25, 0.3) is 11.3 Å². The second-order valence-corrected chi connectivity index (χ2v) is 11.2. The highest BCUT2D eigenvalue weighted by atomic mass is 35.5. The summed E-state index contributed by atoms with van der Waals surface area (Å²) in [7, 11) is 3.21. The van der Waals surface area contributed by atoms with Crippen molar-refractivity contribution in [3.63, 3.8) is 0 Å². The Hall–Kier alpha value is -4.34. The molecule has 1 aliphatic heterocycles. The molecule has 1 aliphatic rings. The molecule has 1 atom stereocenters. The molecule has 2 amide bonds. The average molecular weight is 635 g/mol. The van der Waals surface area contributed by atoms with Crippen LogP contribution in [0.4, 0.5) is 5.82 Å². The minimum atomic E-state index is -0.362. The Bertz CT molecular complexity index is 1610. The molecule has 0 saturated carbocycles. The largest absolute Gasteiger partial charge is 0.497 e. The number of ether oxygens (including phenoxy) is 2. The van der Waals surface area contributed by atoms with Gasteiger partial charge in [0, 0.05) is 42.8 Å². The van der Waals surface area contributed by atoms with Gasteiger partial charge in [-0.3, -0.25) is 9.59 Å². The summed E-state index contributed by atoms with van der Waals surface area (Å²) in [6.45, 7) is 3.95. The molecule has 0 aliphatic carbocycles. The minimum Gasteiger partial charge on any atom is -0.497 e. The number of piperazine rings is 1. The molecule has 3 aromatic carbocycles. The highest BCUT2D eigenvalue weighted by Gasteiger charge is 2.30. The molecule has 2 heterocycles. The molecule has 5 rings (SSSR count). The van der Waals surface area contributed by atoms with Gasteiger partial charge in [-0.2, -0.15) is 0 Å². The fraction of sp³-hybridized carbons (Fsp3) is 0.273. The smallest absolute Gasteiger partial charge is 0.256 e. The first-order valence-corrected chi connectivity index (χ1v) is 14.9. The number of hydrogen-bond donors (Lipinski definition) is 0. The summed E-state index contributed by atoms with van der Waals surface area (Å²) in [5.74, 6) is 1.59. The third kappa shape index (κ3) is 6.90. The molecule has 1 saturated heterocycles. The fourth-order valence-corrected chi connectivity index (χ4v) is 5.68. The SMILES string of the molecule is COc1ccc(-c2ccc(N3CCN(C(=O)CN(C(=O)c4ccc(Cl)cc4Cl)[C@@H](C)c4ccccc4)CC3)nn2)c(OC)c1. The zero-order chi connectivity index (χ0) is 31.2. The molecule has 9 nitrogen and oxygen atoms in total. The van der Waals surface area contributed by atoms with Gasteiger partial charge in [0.25, 0.3) is 5.91 Å². The van der Waals surface area contributed by atoms with E-state index in [9.17, 15) is 9.59 Å². The highest BCUT2D eigenvalue weighted by Crippen LogP contribution is 2.32. The van der Waals surface area contributed by atoms with Gasteiger partial charge in [0.15, 0.2) is 5.82 Å². The van der Waals surface area contributed by atoms with Crippen molar-refractivity contribution in [1.29, 1.82) is 0 Å². The summed E-state index contributed by atoms with van der Waals surface area (Å²) in [6.07, 6.45) is 0. The topological polar surface area (TPSA) is 88.1 Å². The number of carbonyl (C=O) groups is 2. The van der Waals surface area contributed by atoms with Crippen LogP contribution in [0.1, 0.15) is 28.9 Å². The number of methoxy groups -OCH3 is 2. The van der Waals surface area contributed by atoms with Crippen molar-refractivity contribution in [1.82, 2.24) is 20.0 Å². The van der Waals surface area contributed by atoms with Gasteiger partial charge in [0.05, 0.1) is 36.5 Å².